The number of nitrogens with one attached hydrogen (secondary N) is 1. The normalized spacial score (nSPS) is 13.8. The molecular weight excluding hydrogens is 305 g/mol. The van der Waals surface area contributed by atoms with Gasteiger partial charge in [-0.2, -0.15) is 13.2 Å². The SMILES string of the molecule is O=C(Nc1cnc(-c2ccc3c(c2)OCCO3)o1)C(F)(F)F. The van der Waals surface area contributed by atoms with Crippen LogP contribution in [0.1, 0.15) is 0 Å². The minimum Gasteiger partial charge on any atom is -0.486 e. The number of carbonyl (C=O) groups is 1. The smallest absolute Gasteiger partial charge is 0.471 e. The molecule has 22 heavy (non-hydrogen) atoms. The molecule has 1 aliphatic heterocycles. The number of ether oxygens (including phenoxy) is 2. The van der Waals surface area contributed by atoms with Gasteiger partial charge in [0.25, 0.3) is 0 Å². The van der Waals surface area contributed by atoms with E-state index >= 15 is 0 Å². The highest BCUT2D eigenvalue weighted by Gasteiger charge is 2.39. The van der Waals surface area contributed by atoms with E-state index in [0.717, 1.165) is 6.20 Å². The molecule has 0 unspecified atom stereocenters. The van der Waals surface area contributed by atoms with Crippen LogP contribution in [0.15, 0.2) is 28.8 Å². The first-order chi connectivity index (χ1) is 10.4. The maximum Gasteiger partial charge on any atom is 0.471 e. The van der Waals surface area contributed by atoms with E-state index < -0.39 is 18.0 Å². The lowest BCUT2D eigenvalue weighted by atomic mass is 10.2. The molecule has 2 heterocycles. The second-order valence-corrected chi connectivity index (χ2v) is 4.34. The van der Waals surface area contributed by atoms with Crippen molar-refractivity contribution in [3.05, 3.63) is 24.4 Å². The van der Waals surface area contributed by atoms with Gasteiger partial charge >= 0.3 is 12.1 Å². The van der Waals surface area contributed by atoms with Gasteiger partial charge in [-0.25, -0.2) is 4.98 Å². The van der Waals surface area contributed by atoms with Crippen molar-refractivity contribution in [2.24, 2.45) is 0 Å². The van der Waals surface area contributed by atoms with Gasteiger partial charge in [-0.15, -0.1) is 0 Å². The molecule has 1 aromatic carbocycles. The Labute approximate surface area is 121 Å². The first-order valence-electron chi connectivity index (χ1n) is 6.17. The zero-order valence-corrected chi connectivity index (χ0v) is 10.9. The second-order valence-electron chi connectivity index (χ2n) is 4.34. The summed E-state index contributed by atoms with van der Waals surface area (Å²) in [5.41, 5.74) is 0.483. The van der Waals surface area contributed by atoms with Crippen LogP contribution >= 0.6 is 0 Å². The molecule has 0 aliphatic carbocycles. The maximum atomic E-state index is 12.1. The Hall–Kier alpha value is -2.71. The molecule has 1 aliphatic rings. The Kier molecular flexibility index (Phi) is 3.39. The fourth-order valence-corrected chi connectivity index (χ4v) is 1.82. The van der Waals surface area contributed by atoms with Gasteiger partial charge in [0.2, 0.25) is 11.8 Å². The number of fused-ring (bicyclic) bond motifs is 1. The standard InChI is InChI=1S/C13H9F3N2O4/c14-13(15,16)12(19)18-10-6-17-11(22-10)7-1-2-8-9(5-7)21-4-3-20-8/h1-2,5-6H,3-4H2,(H,18,19). The molecule has 3 rings (SSSR count). The van der Waals surface area contributed by atoms with Crippen LogP contribution in [0.3, 0.4) is 0 Å². The molecule has 0 fully saturated rings. The molecule has 0 bridgehead atoms. The Morgan fingerprint density at radius 1 is 1.18 bits per heavy atom. The highest BCUT2D eigenvalue weighted by Crippen LogP contribution is 2.34. The highest BCUT2D eigenvalue weighted by molar-refractivity contribution is 5.93. The average molecular weight is 314 g/mol. The molecule has 9 heteroatoms. The zero-order valence-electron chi connectivity index (χ0n) is 10.9. The van der Waals surface area contributed by atoms with E-state index in [-0.39, 0.29) is 5.89 Å². The van der Waals surface area contributed by atoms with Crippen molar-refractivity contribution in [3.8, 4) is 23.0 Å². The van der Waals surface area contributed by atoms with Gasteiger partial charge in [0, 0.05) is 5.56 Å². The Balaban J connectivity index is 1.80. The summed E-state index contributed by atoms with van der Waals surface area (Å²) in [6.45, 7) is 0.841. The van der Waals surface area contributed by atoms with E-state index in [1.54, 1.807) is 23.5 Å². The summed E-state index contributed by atoms with van der Waals surface area (Å²) < 4.78 is 52.3. The molecule has 1 N–H and O–H groups in total. The van der Waals surface area contributed by atoms with Gasteiger partial charge in [0.1, 0.15) is 13.2 Å². The molecule has 0 spiro atoms. The van der Waals surface area contributed by atoms with Crippen LogP contribution in [0.4, 0.5) is 19.1 Å². The predicted molar refractivity (Wildman–Crippen MR) is 67.6 cm³/mol. The summed E-state index contributed by atoms with van der Waals surface area (Å²) in [6, 6.07) is 4.85. The van der Waals surface area contributed by atoms with Crippen molar-refractivity contribution < 1.29 is 31.9 Å². The Morgan fingerprint density at radius 3 is 2.64 bits per heavy atom. The lowest BCUT2D eigenvalue weighted by molar-refractivity contribution is -0.167. The number of nitrogens with zero attached hydrogens (tertiary/aromatic N) is 1. The van der Waals surface area contributed by atoms with Crippen molar-refractivity contribution >= 4 is 11.8 Å². The monoisotopic (exact) mass is 314 g/mol. The third-order valence-corrected chi connectivity index (χ3v) is 2.79. The number of alkyl halides is 3. The number of hydrogen-bond acceptors (Lipinski definition) is 5. The summed E-state index contributed by atoms with van der Waals surface area (Å²) in [7, 11) is 0. The van der Waals surface area contributed by atoms with E-state index in [1.165, 1.54) is 0 Å². The van der Waals surface area contributed by atoms with E-state index in [1.807, 2.05) is 0 Å². The largest absolute Gasteiger partial charge is 0.486 e. The number of carbonyl (C=O) groups excluding carboxylic acids is 1. The van der Waals surface area contributed by atoms with E-state index in [2.05, 4.69) is 4.98 Å². The van der Waals surface area contributed by atoms with Crippen molar-refractivity contribution in [2.45, 2.75) is 6.18 Å². The number of hydrogen-bond donors (Lipinski definition) is 1. The minimum atomic E-state index is -5.00. The summed E-state index contributed by atoms with van der Waals surface area (Å²) in [6.07, 6.45) is -4.00. The first-order valence-corrected chi connectivity index (χ1v) is 6.17. The average Bonchev–Trinajstić information content (AvgIpc) is 2.94. The van der Waals surface area contributed by atoms with Gasteiger partial charge < -0.3 is 13.9 Å². The van der Waals surface area contributed by atoms with Crippen molar-refractivity contribution in [2.75, 3.05) is 18.5 Å². The van der Waals surface area contributed by atoms with Crippen LogP contribution in [0.2, 0.25) is 0 Å². The molecule has 1 aromatic heterocycles. The molecule has 0 saturated carbocycles. The molecule has 6 nitrogen and oxygen atoms in total. The number of rotatable bonds is 2. The van der Waals surface area contributed by atoms with Gasteiger partial charge in [-0.05, 0) is 18.2 Å². The van der Waals surface area contributed by atoms with Gasteiger partial charge in [0.05, 0.1) is 6.20 Å². The van der Waals surface area contributed by atoms with Crippen molar-refractivity contribution in [1.29, 1.82) is 0 Å². The van der Waals surface area contributed by atoms with Crippen molar-refractivity contribution in [1.82, 2.24) is 4.98 Å². The van der Waals surface area contributed by atoms with E-state index in [9.17, 15) is 18.0 Å². The lowest BCUT2D eigenvalue weighted by Crippen LogP contribution is -2.29. The van der Waals surface area contributed by atoms with Crippen molar-refractivity contribution in [3.63, 3.8) is 0 Å². The maximum absolute atomic E-state index is 12.1. The Morgan fingerprint density at radius 2 is 1.91 bits per heavy atom. The fourth-order valence-electron chi connectivity index (χ4n) is 1.82. The third kappa shape index (κ3) is 2.83. The van der Waals surface area contributed by atoms with E-state index in [4.69, 9.17) is 13.9 Å². The summed E-state index contributed by atoms with van der Waals surface area (Å²) in [5.74, 6) is -1.42. The third-order valence-electron chi connectivity index (χ3n) is 2.79. The first kappa shape index (κ1) is 14.2. The molecule has 0 radical (unpaired) electrons. The predicted octanol–water partition coefficient (Wildman–Crippen LogP) is 2.61. The zero-order chi connectivity index (χ0) is 15.7. The number of oxazole rings is 1. The van der Waals surface area contributed by atoms with Crippen LogP contribution in [-0.4, -0.2) is 30.3 Å². The number of amides is 1. The molecule has 0 atom stereocenters. The molecule has 0 saturated heterocycles. The number of anilines is 1. The Bertz CT molecular complexity index is 712. The van der Waals surface area contributed by atoms with Crippen LogP contribution in [-0.2, 0) is 4.79 Å². The summed E-state index contributed by atoms with van der Waals surface area (Å²) in [5, 5.41) is 1.59. The molecule has 2 aromatic rings. The second kappa shape index (κ2) is 5.24. The number of benzene rings is 1. The molecular formula is C13H9F3N2O4. The van der Waals surface area contributed by atoms with Crippen LogP contribution in [0.25, 0.3) is 11.5 Å². The van der Waals surface area contributed by atoms with E-state index in [0.29, 0.717) is 30.3 Å². The highest BCUT2D eigenvalue weighted by atomic mass is 19.4. The number of aromatic nitrogens is 1. The van der Waals surface area contributed by atoms with Gasteiger partial charge in [-0.1, -0.05) is 0 Å². The summed E-state index contributed by atoms with van der Waals surface area (Å²) in [4.78, 5) is 14.6. The quantitative estimate of drug-likeness (QED) is 0.922. The topological polar surface area (TPSA) is 73.6 Å². The minimum absolute atomic E-state index is 0.0504. The van der Waals surface area contributed by atoms with Crippen LogP contribution < -0.4 is 14.8 Å². The molecule has 1 amide bonds. The lowest BCUT2D eigenvalue weighted by Gasteiger charge is -2.18. The van der Waals surface area contributed by atoms with Crippen LogP contribution in [0, 0.1) is 0 Å². The van der Waals surface area contributed by atoms with Gasteiger partial charge in [-0.3, -0.25) is 10.1 Å². The fraction of sp³-hybridized carbons (Fsp3) is 0.231. The summed E-state index contributed by atoms with van der Waals surface area (Å²) >= 11 is 0. The van der Waals surface area contributed by atoms with Gasteiger partial charge in [0.15, 0.2) is 11.5 Å². The number of halogens is 3. The molecule has 116 valence electrons. The van der Waals surface area contributed by atoms with Crippen LogP contribution in [0.5, 0.6) is 11.5 Å².